The molecule has 2 aromatic rings. The molecule has 47 heavy (non-hydrogen) atoms. The first-order valence-corrected chi connectivity index (χ1v) is 17.7. The number of methoxy groups -OCH3 is 1. The van der Waals surface area contributed by atoms with Gasteiger partial charge in [-0.25, -0.2) is 8.42 Å². The monoisotopic (exact) mass is 667 g/mol. The van der Waals surface area contributed by atoms with Gasteiger partial charge in [-0.05, 0) is 78.9 Å². The Kier molecular flexibility index (Phi) is 10.4. The Morgan fingerprint density at radius 3 is 2.51 bits per heavy atom. The van der Waals surface area contributed by atoms with Crippen LogP contribution in [0.5, 0.6) is 11.9 Å². The van der Waals surface area contributed by atoms with Crippen molar-refractivity contribution < 1.29 is 32.3 Å². The van der Waals surface area contributed by atoms with E-state index in [2.05, 4.69) is 24.9 Å². The molecular weight excluding hydrogens is 622 g/mol. The number of amides is 2. The molecule has 2 N–H and O–H groups in total. The van der Waals surface area contributed by atoms with Crippen molar-refractivity contribution in [2.24, 2.45) is 17.8 Å². The zero-order chi connectivity index (χ0) is 33.8. The van der Waals surface area contributed by atoms with E-state index in [0.29, 0.717) is 18.5 Å². The third-order valence-corrected chi connectivity index (χ3v) is 11.7. The molecule has 0 spiro atoms. The number of nitrogens with one attached hydrogen (secondary N) is 2. The number of benzene rings is 1. The summed E-state index contributed by atoms with van der Waals surface area (Å²) in [7, 11) is 1.59. The minimum atomic E-state index is -3.91. The lowest BCUT2D eigenvalue weighted by atomic mass is 9.96. The Labute approximate surface area is 276 Å². The van der Waals surface area contributed by atoms with E-state index in [4.69, 9.17) is 9.47 Å². The molecule has 0 radical (unpaired) electrons. The Hall–Kier alpha value is -3.84. The van der Waals surface area contributed by atoms with Gasteiger partial charge in [0.2, 0.25) is 21.8 Å². The van der Waals surface area contributed by atoms with Crippen LogP contribution in [-0.2, 0) is 24.4 Å². The molecule has 5 rings (SSSR count). The third kappa shape index (κ3) is 8.01. The molecule has 0 unspecified atom stereocenters. The number of aromatic nitrogens is 2. The predicted molar refractivity (Wildman–Crippen MR) is 176 cm³/mol. The lowest BCUT2D eigenvalue weighted by Gasteiger charge is -2.23. The zero-order valence-corrected chi connectivity index (χ0v) is 28.3. The molecular formula is C34H45N5O7S. The minimum absolute atomic E-state index is 0.120. The molecule has 0 bridgehead atoms. The number of carbonyl (C=O) groups excluding carboxylic acids is 3. The summed E-state index contributed by atoms with van der Waals surface area (Å²) in [5, 5.41) is 2.88. The van der Waals surface area contributed by atoms with E-state index in [-0.39, 0.29) is 37.1 Å². The van der Waals surface area contributed by atoms with Gasteiger partial charge in [0.05, 0.1) is 23.5 Å². The van der Waals surface area contributed by atoms with Gasteiger partial charge < -0.3 is 24.5 Å². The summed E-state index contributed by atoms with van der Waals surface area (Å²) in [6.07, 6.45) is 8.61. The van der Waals surface area contributed by atoms with Crippen LogP contribution in [0.25, 0.3) is 11.3 Å². The number of rotatable bonds is 16. The molecule has 3 fully saturated rings. The van der Waals surface area contributed by atoms with Gasteiger partial charge in [-0.15, -0.1) is 0 Å². The van der Waals surface area contributed by atoms with Crippen LogP contribution in [0.4, 0.5) is 0 Å². The topological polar surface area (TPSA) is 157 Å². The highest BCUT2D eigenvalue weighted by atomic mass is 32.2. The molecule has 0 aliphatic heterocycles. The summed E-state index contributed by atoms with van der Waals surface area (Å²) in [5.41, 5.74) is 0.0301. The second-order valence-electron chi connectivity index (χ2n) is 13.4. The summed E-state index contributed by atoms with van der Waals surface area (Å²) in [4.78, 5) is 50.4. The van der Waals surface area contributed by atoms with Crippen LogP contribution < -0.4 is 19.5 Å². The fraction of sp³-hybridized carbons (Fsp3) is 0.559. The lowest BCUT2D eigenvalue weighted by Crippen LogP contribution is -2.54. The SMILES string of the molecule is COc1nc(O[C@H]2C[C@@H](C=O)[C@H](C(=O)N[C@]3(C(=O)NS(=O)(=O)C4(C)CC4)C[C@H]3/C=C\CCCCN(C)C)C2)cc(-c2ccccc2)n1. The van der Waals surface area contributed by atoms with Crippen LogP contribution in [0.3, 0.4) is 0 Å². The molecule has 13 heteroatoms. The number of carbonyl (C=O) groups is 3. The smallest absolute Gasteiger partial charge is 0.320 e. The van der Waals surface area contributed by atoms with Gasteiger partial charge >= 0.3 is 6.01 Å². The van der Waals surface area contributed by atoms with Crippen LogP contribution in [0.1, 0.15) is 58.3 Å². The van der Waals surface area contributed by atoms with Crippen molar-refractivity contribution in [3.63, 3.8) is 0 Å². The fourth-order valence-corrected chi connectivity index (χ4v) is 7.39. The third-order valence-electron chi connectivity index (χ3n) is 9.49. The molecule has 3 aliphatic rings. The molecule has 5 atom stereocenters. The normalized spacial score (nSPS) is 26.1. The number of unbranched alkanes of at least 4 members (excludes halogenated alkanes) is 2. The van der Waals surface area contributed by atoms with Gasteiger partial charge in [0.25, 0.3) is 5.91 Å². The van der Waals surface area contributed by atoms with Gasteiger partial charge in [-0.1, -0.05) is 42.5 Å². The summed E-state index contributed by atoms with van der Waals surface area (Å²) in [5.74, 6) is -2.76. The van der Waals surface area contributed by atoms with Crippen LogP contribution in [0.15, 0.2) is 48.6 Å². The van der Waals surface area contributed by atoms with Crippen molar-refractivity contribution in [3.05, 3.63) is 48.6 Å². The molecule has 1 aromatic heterocycles. The van der Waals surface area contributed by atoms with Gasteiger partial charge in [-0.2, -0.15) is 9.97 Å². The maximum atomic E-state index is 13.8. The molecule has 0 saturated heterocycles. The van der Waals surface area contributed by atoms with Crippen molar-refractivity contribution in [2.75, 3.05) is 27.7 Å². The summed E-state index contributed by atoms with van der Waals surface area (Å²) in [6.45, 7) is 2.58. The number of hydrogen-bond acceptors (Lipinski definition) is 10. The Balaban J connectivity index is 1.28. The van der Waals surface area contributed by atoms with Crippen molar-refractivity contribution in [1.29, 1.82) is 0 Å². The van der Waals surface area contributed by atoms with Crippen LogP contribution in [0, 0.1) is 17.8 Å². The average molecular weight is 668 g/mol. The highest BCUT2D eigenvalue weighted by Gasteiger charge is 2.63. The van der Waals surface area contributed by atoms with Crippen molar-refractivity contribution >= 4 is 28.1 Å². The maximum Gasteiger partial charge on any atom is 0.320 e. The molecule has 2 amide bonds. The zero-order valence-electron chi connectivity index (χ0n) is 27.5. The largest absolute Gasteiger partial charge is 0.474 e. The average Bonchev–Trinajstić information content (AvgIpc) is 3.93. The van der Waals surface area contributed by atoms with Crippen molar-refractivity contribution in [3.8, 4) is 23.1 Å². The van der Waals surface area contributed by atoms with Gasteiger partial charge in [0.15, 0.2) is 0 Å². The maximum absolute atomic E-state index is 13.8. The highest BCUT2D eigenvalue weighted by molar-refractivity contribution is 7.91. The van der Waals surface area contributed by atoms with E-state index >= 15 is 0 Å². The van der Waals surface area contributed by atoms with Crippen molar-refractivity contribution in [2.45, 2.75) is 74.7 Å². The van der Waals surface area contributed by atoms with Crippen LogP contribution in [0.2, 0.25) is 0 Å². The fourth-order valence-electron chi connectivity index (χ4n) is 6.08. The first kappa shape index (κ1) is 34.5. The molecule has 3 aliphatic carbocycles. The summed E-state index contributed by atoms with van der Waals surface area (Å²) < 4.78 is 38.7. The number of hydrogen-bond donors (Lipinski definition) is 2. The minimum Gasteiger partial charge on any atom is -0.474 e. The Morgan fingerprint density at radius 1 is 1.11 bits per heavy atom. The van der Waals surface area contributed by atoms with Gasteiger partial charge in [0, 0.05) is 23.5 Å². The molecule has 1 heterocycles. The first-order chi connectivity index (χ1) is 22.4. The van der Waals surface area contributed by atoms with E-state index < -0.39 is 50.1 Å². The van der Waals surface area contributed by atoms with E-state index in [1.165, 1.54) is 7.11 Å². The van der Waals surface area contributed by atoms with Gasteiger partial charge in [0.1, 0.15) is 17.9 Å². The number of ether oxygens (including phenoxy) is 2. The van der Waals surface area contributed by atoms with Gasteiger partial charge in [-0.3, -0.25) is 14.3 Å². The van der Waals surface area contributed by atoms with E-state index in [1.54, 1.807) is 13.0 Å². The predicted octanol–water partition coefficient (Wildman–Crippen LogP) is 3.29. The summed E-state index contributed by atoms with van der Waals surface area (Å²) in [6, 6.07) is 11.3. The van der Waals surface area contributed by atoms with E-state index in [9.17, 15) is 22.8 Å². The summed E-state index contributed by atoms with van der Waals surface area (Å²) >= 11 is 0. The standard InChI is InChI=1S/C34H45N5O7S/c1-33(15-16-33)47(43,44)38-31(42)34(21-25(34)14-10-5-6-11-17-39(2)3)37-30(41)27-19-26(18-24(27)22-40)46-29-20-28(35-32(36-29)45-4)23-12-8-7-9-13-23/h7-10,12-14,20,22,24-27H,5-6,11,15-19,21H2,1-4H3,(H,37,41)(H,38,42)/b14-10-/t24-,25+,26-,27+,34+/m0/s1. The Bertz CT molecular complexity index is 1590. The molecule has 254 valence electrons. The highest BCUT2D eigenvalue weighted by Crippen LogP contribution is 2.48. The number of aldehydes is 1. The lowest BCUT2D eigenvalue weighted by molar-refractivity contribution is -0.133. The second kappa shape index (κ2) is 14.1. The number of nitrogens with zero attached hydrogens (tertiary/aromatic N) is 3. The van der Waals surface area contributed by atoms with E-state index in [1.807, 2.05) is 56.6 Å². The number of allylic oxidation sites excluding steroid dienone is 1. The quantitative estimate of drug-likeness (QED) is 0.155. The molecule has 1 aromatic carbocycles. The van der Waals surface area contributed by atoms with E-state index in [0.717, 1.165) is 37.7 Å². The molecule has 12 nitrogen and oxygen atoms in total. The van der Waals surface area contributed by atoms with Crippen LogP contribution in [-0.4, -0.2) is 85.5 Å². The first-order valence-electron chi connectivity index (χ1n) is 16.2. The van der Waals surface area contributed by atoms with Crippen molar-refractivity contribution in [1.82, 2.24) is 24.9 Å². The van der Waals surface area contributed by atoms with Crippen LogP contribution >= 0.6 is 0 Å². The number of sulfonamides is 1. The Morgan fingerprint density at radius 2 is 1.85 bits per heavy atom. The molecule has 3 saturated carbocycles. The second-order valence-corrected chi connectivity index (χ2v) is 15.6.